The second-order valence-electron chi connectivity index (χ2n) is 6.91. The monoisotopic (exact) mass is 327 g/mol. The van der Waals surface area contributed by atoms with Gasteiger partial charge in [-0.1, -0.05) is 24.3 Å². The van der Waals surface area contributed by atoms with E-state index in [2.05, 4.69) is 11.4 Å². The van der Waals surface area contributed by atoms with Gasteiger partial charge in [0.05, 0.1) is 24.1 Å². The number of benzene rings is 1. The molecule has 2 bridgehead atoms. The first-order valence-electron chi connectivity index (χ1n) is 8.55. The molecule has 5 heteroatoms. The van der Waals surface area contributed by atoms with Crippen molar-refractivity contribution < 1.29 is 19.4 Å². The number of carboxylic acids is 1. The highest BCUT2D eigenvalue weighted by atomic mass is 16.5. The van der Waals surface area contributed by atoms with E-state index in [1.165, 1.54) is 0 Å². The second kappa shape index (κ2) is 5.65. The molecule has 0 heterocycles. The lowest BCUT2D eigenvalue weighted by molar-refractivity contribution is -0.152. The van der Waals surface area contributed by atoms with E-state index < -0.39 is 17.8 Å². The van der Waals surface area contributed by atoms with Crippen molar-refractivity contribution in [2.75, 3.05) is 11.9 Å². The van der Waals surface area contributed by atoms with Crippen molar-refractivity contribution in [3.63, 3.8) is 0 Å². The van der Waals surface area contributed by atoms with Crippen LogP contribution in [0.25, 0.3) is 0 Å². The number of para-hydroxylation sites is 2. The highest BCUT2D eigenvalue weighted by Crippen LogP contribution is 2.63. The fourth-order valence-electron chi connectivity index (χ4n) is 4.64. The van der Waals surface area contributed by atoms with Gasteiger partial charge in [0.1, 0.15) is 5.75 Å². The van der Waals surface area contributed by atoms with E-state index in [0.29, 0.717) is 29.9 Å². The number of hydrogen-bond acceptors (Lipinski definition) is 3. The topological polar surface area (TPSA) is 75.6 Å². The molecule has 0 aliphatic heterocycles. The number of ether oxygens (including phenoxy) is 1. The average Bonchev–Trinajstić information content (AvgIpc) is 3.38. The van der Waals surface area contributed by atoms with Gasteiger partial charge < -0.3 is 15.2 Å². The van der Waals surface area contributed by atoms with Crippen molar-refractivity contribution in [1.82, 2.24) is 0 Å². The van der Waals surface area contributed by atoms with Crippen LogP contribution in [0.4, 0.5) is 5.69 Å². The van der Waals surface area contributed by atoms with Gasteiger partial charge in [-0.25, -0.2) is 0 Å². The van der Waals surface area contributed by atoms with Crippen LogP contribution in [0.15, 0.2) is 36.4 Å². The van der Waals surface area contributed by atoms with Crippen molar-refractivity contribution in [2.45, 2.75) is 13.3 Å². The molecule has 126 valence electrons. The Balaban J connectivity index is 1.60. The number of amides is 1. The molecule has 1 aromatic carbocycles. The maximum atomic E-state index is 12.9. The third-order valence-corrected chi connectivity index (χ3v) is 5.68. The fraction of sp³-hybridized carbons (Fsp3) is 0.474. The van der Waals surface area contributed by atoms with E-state index in [1.54, 1.807) is 12.1 Å². The quantitative estimate of drug-likeness (QED) is 0.816. The van der Waals surface area contributed by atoms with E-state index in [9.17, 15) is 14.7 Å². The molecule has 5 nitrogen and oxygen atoms in total. The van der Waals surface area contributed by atoms with Gasteiger partial charge in [-0.3, -0.25) is 9.59 Å². The van der Waals surface area contributed by atoms with Crippen molar-refractivity contribution in [1.29, 1.82) is 0 Å². The predicted octanol–water partition coefficient (Wildman–Crippen LogP) is 2.79. The number of anilines is 1. The molecule has 0 aromatic heterocycles. The SMILES string of the molecule is CCOc1ccccc1NC(=O)[C@H]1[C@H]2C=C[C@H]([C@H]3C[C@H]23)[C@@H]1C(=O)O. The van der Waals surface area contributed by atoms with Gasteiger partial charge in [0, 0.05) is 0 Å². The number of allylic oxidation sites excluding steroid dienone is 2. The molecule has 0 radical (unpaired) electrons. The lowest BCUT2D eigenvalue weighted by Gasteiger charge is -2.41. The molecule has 0 saturated heterocycles. The molecule has 2 fully saturated rings. The van der Waals surface area contributed by atoms with Crippen LogP contribution < -0.4 is 10.1 Å². The van der Waals surface area contributed by atoms with Gasteiger partial charge >= 0.3 is 5.97 Å². The van der Waals surface area contributed by atoms with Gasteiger partial charge in [-0.2, -0.15) is 0 Å². The summed E-state index contributed by atoms with van der Waals surface area (Å²) in [4.78, 5) is 24.7. The van der Waals surface area contributed by atoms with Crippen LogP contribution in [-0.4, -0.2) is 23.6 Å². The summed E-state index contributed by atoms with van der Waals surface area (Å²) in [5, 5.41) is 12.6. The first-order valence-corrected chi connectivity index (χ1v) is 8.55. The van der Waals surface area contributed by atoms with Gasteiger partial charge in [-0.15, -0.1) is 0 Å². The summed E-state index contributed by atoms with van der Waals surface area (Å²) in [5.41, 5.74) is 0.603. The molecule has 0 unspecified atom stereocenters. The van der Waals surface area contributed by atoms with Crippen LogP contribution in [-0.2, 0) is 9.59 Å². The first-order chi connectivity index (χ1) is 11.6. The normalized spacial score (nSPS) is 35.2. The number of carbonyl (C=O) groups is 2. The summed E-state index contributed by atoms with van der Waals surface area (Å²) in [6, 6.07) is 7.27. The molecule has 1 aromatic rings. The lowest BCUT2D eigenvalue weighted by atomic mass is 9.62. The molecular formula is C19H21NO4. The highest BCUT2D eigenvalue weighted by molar-refractivity contribution is 5.97. The maximum Gasteiger partial charge on any atom is 0.307 e. The molecule has 24 heavy (non-hydrogen) atoms. The number of carbonyl (C=O) groups excluding carboxylic acids is 1. The van der Waals surface area contributed by atoms with Crippen LogP contribution >= 0.6 is 0 Å². The summed E-state index contributed by atoms with van der Waals surface area (Å²) >= 11 is 0. The van der Waals surface area contributed by atoms with Crippen molar-refractivity contribution >= 4 is 17.6 Å². The molecule has 4 aliphatic rings. The molecule has 1 amide bonds. The average molecular weight is 327 g/mol. The van der Waals surface area contributed by atoms with Crippen LogP contribution in [0, 0.1) is 35.5 Å². The van der Waals surface area contributed by atoms with E-state index in [-0.39, 0.29) is 17.7 Å². The van der Waals surface area contributed by atoms with Gasteiger partial charge in [0.2, 0.25) is 5.91 Å². The van der Waals surface area contributed by atoms with E-state index in [1.807, 2.05) is 25.1 Å². The summed E-state index contributed by atoms with van der Waals surface area (Å²) in [7, 11) is 0. The summed E-state index contributed by atoms with van der Waals surface area (Å²) in [5.74, 6) is -0.609. The molecular weight excluding hydrogens is 306 g/mol. The zero-order valence-corrected chi connectivity index (χ0v) is 13.5. The van der Waals surface area contributed by atoms with Gasteiger partial charge in [-0.05, 0) is 49.1 Å². The Morgan fingerprint density at radius 3 is 2.50 bits per heavy atom. The van der Waals surface area contributed by atoms with Crippen LogP contribution in [0.1, 0.15) is 13.3 Å². The summed E-state index contributed by atoms with van der Waals surface area (Å²) < 4.78 is 5.55. The minimum absolute atomic E-state index is 0.00427. The van der Waals surface area contributed by atoms with Crippen molar-refractivity contribution in [3.8, 4) is 5.75 Å². The maximum absolute atomic E-state index is 12.9. The van der Waals surface area contributed by atoms with Gasteiger partial charge in [0.25, 0.3) is 0 Å². The van der Waals surface area contributed by atoms with Crippen LogP contribution in [0.3, 0.4) is 0 Å². The third-order valence-electron chi connectivity index (χ3n) is 5.68. The minimum atomic E-state index is -0.863. The molecule has 4 aliphatic carbocycles. The Hall–Kier alpha value is -2.30. The Labute approximate surface area is 140 Å². The van der Waals surface area contributed by atoms with E-state index in [0.717, 1.165) is 6.42 Å². The number of fused-ring (bicyclic) bond motifs is 1. The first kappa shape index (κ1) is 15.2. The summed E-state index contributed by atoms with van der Waals surface area (Å²) in [6.45, 7) is 2.39. The number of rotatable bonds is 5. The zero-order chi connectivity index (χ0) is 16.8. The second-order valence-corrected chi connectivity index (χ2v) is 6.91. The van der Waals surface area contributed by atoms with E-state index >= 15 is 0 Å². The molecule has 0 spiro atoms. The standard InChI is InChI=1S/C19H21NO4/c1-2-24-15-6-4-3-5-14(15)20-18(21)16-10-7-8-11(13-9-12(10)13)17(16)19(22)23/h3-8,10-13,16-17H,2,9H2,1H3,(H,20,21)(H,22,23)/t10-,11+,12+,13+,16-,17-/m0/s1. The third kappa shape index (κ3) is 2.30. The number of hydrogen-bond donors (Lipinski definition) is 2. The van der Waals surface area contributed by atoms with Gasteiger partial charge in [0.15, 0.2) is 0 Å². The Kier molecular flexibility index (Phi) is 3.59. The smallest absolute Gasteiger partial charge is 0.307 e. The largest absolute Gasteiger partial charge is 0.492 e. The summed E-state index contributed by atoms with van der Waals surface area (Å²) in [6.07, 6.45) is 5.14. The van der Waals surface area contributed by atoms with E-state index in [4.69, 9.17) is 4.74 Å². The van der Waals surface area contributed by atoms with Crippen LogP contribution in [0.2, 0.25) is 0 Å². The number of aliphatic carboxylic acids is 1. The Morgan fingerprint density at radius 2 is 1.83 bits per heavy atom. The van der Waals surface area contributed by atoms with Crippen LogP contribution in [0.5, 0.6) is 5.75 Å². The lowest BCUT2D eigenvalue weighted by Crippen LogP contribution is -2.48. The highest BCUT2D eigenvalue weighted by Gasteiger charge is 2.63. The molecule has 2 N–H and O–H groups in total. The predicted molar refractivity (Wildman–Crippen MR) is 88.6 cm³/mol. The number of nitrogens with one attached hydrogen (secondary N) is 1. The van der Waals surface area contributed by atoms with Crippen molar-refractivity contribution in [2.24, 2.45) is 35.5 Å². The molecule has 5 rings (SSSR count). The molecule has 6 atom stereocenters. The fourth-order valence-corrected chi connectivity index (χ4v) is 4.64. The molecule has 2 saturated carbocycles. The Bertz CT molecular complexity index is 713. The number of carboxylic acid groups (broad SMARTS) is 1. The zero-order valence-electron chi connectivity index (χ0n) is 13.5. The minimum Gasteiger partial charge on any atom is -0.492 e. The Morgan fingerprint density at radius 1 is 1.17 bits per heavy atom. The van der Waals surface area contributed by atoms with Crippen molar-refractivity contribution in [3.05, 3.63) is 36.4 Å².